The Morgan fingerprint density at radius 2 is 2.29 bits per heavy atom. The van der Waals surface area contributed by atoms with E-state index in [2.05, 4.69) is 42.1 Å². The maximum absolute atomic E-state index is 12.9. The number of carbonyl (C=O) groups excluding carboxylic acids is 1. The van der Waals surface area contributed by atoms with Gasteiger partial charge in [0.15, 0.2) is 0 Å². The zero-order valence-corrected chi connectivity index (χ0v) is 14.8. The van der Waals surface area contributed by atoms with Gasteiger partial charge in [0.2, 0.25) is 0 Å². The molecule has 0 spiro atoms. The van der Waals surface area contributed by atoms with Crippen molar-refractivity contribution in [2.45, 2.75) is 25.3 Å². The molecule has 2 aliphatic rings. The Hall–Kier alpha value is -1.98. The second kappa shape index (κ2) is 6.15. The predicted molar refractivity (Wildman–Crippen MR) is 98.5 cm³/mol. The molecule has 2 atom stereocenters. The Labute approximate surface area is 146 Å². The Kier molecular flexibility index (Phi) is 3.98. The minimum atomic E-state index is 0.0624. The van der Waals surface area contributed by atoms with Gasteiger partial charge >= 0.3 is 0 Å². The molecule has 3 heterocycles. The highest BCUT2D eigenvalue weighted by Gasteiger charge is 2.43. The van der Waals surface area contributed by atoms with Crippen LogP contribution >= 0.6 is 11.3 Å². The molecule has 0 bridgehead atoms. The molecule has 4 nitrogen and oxygen atoms in total. The van der Waals surface area contributed by atoms with Crippen molar-refractivity contribution in [3.05, 3.63) is 52.0 Å². The number of benzene rings is 1. The number of hydrogen-bond donors (Lipinski definition) is 0. The van der Waals surface area contributed by atoms with Crippen LogP contribution in [0.2, 0.25) is 0 Å². The molecule has 1 saturated heterocycles. The molecule has 1 fully saturated rings. The standard InChI is InChI=1S/C19H21N3OS/c1-13-3-4-16-14(11-13)15-12-21(2)9-7-17(15)22(16)19(23)6-5-18-20-8-10-24-18/h3-6,8,10-11,15,17H,7,9,12H2,1-2H3/b6-5+/t15-,17-/m1/s1. The fraction of sp³-hybridized carbons (Fsp3) is 0.368. The third-order valence-electron chi connectivity index (χ3n) is 5.01. The fourth-order valence-electron chi connectivity index (χ4n) is 3.91. The van der Waals surface area contributed by atoms with E-state index in [1.54, 1.807) is 23.6 Å². The van der Waals surface area contributed by atoms with Gasteiger partial charge in [-0.15, -0.1) is 11.3 Å². The highest BCUT2D eigenvalue weighted by molar-refractivity contribution is 7.10. The third kappa shape index (κ3) is 2.68. The first-order chi connectivity index (χ1) is 11.6. The van der Waals surface area contributed by atoms with Crippen LogP contribution in [0, 0.1) is 6.92 Å². The Bertz CT molecular complexity index is 784. The van der Waals surface area contributed by atoms with Crippen LogP contribution in [0.1, 0.15) is 28.5 Å². The predicted octanol–water partition coefficient (Wildman–Crippen LogP) is 3.30. The van der Waals surface area contributed by atoms with Gasteiger partial charge in [-0.2, -0.15) is 0 Å². The summed E-state index contributed by atoms with van der Waals surface area (Å²) in [6.45, 7) is 4.17. The number of nitrogens with zero attached hydrogens (tertiary/aromatic N) is 3. The van der Waals surface area contributed by atoms with Crippen LogP contribution in [0.15, 0.2) is 35.9 Å². The van der Waals surface area contributed by atoms with Crippen molar-refractivity contribution in [2.75, 3.05) is 25.0 Å². The van der Waals surface area contributed by atoms with Gasteiger partial charge in [-0.25, -0.2) is 4.98 Å². The van der Waals surface area contributed by atoms with Crippen molar-refractivity contribution < 1.29 is 4.79 Å². The molecule has 4 rings (SSSR count). The number of likely N-dealkylation sites (N-methyl/N-ethyl adjacent to an activating group) is 1. The monoisotopic (exact) mass is 339 g/mol. The molecule has 0 N–H and O–H groups in total. The first-order valence-corrected chi connectivity index (χ1v) is 9.21. The molecule has 124 valence electrons. The summed E-state index contributed by atoms with van der Waals surface area (Å²) in [5.41, 5.74) is 3.66. The molecule has 2 aliphatic heterocycles. The van der Waals surface area contributed by atoms with E-state index in [9.17, 15) is 4.79 Å². The van der Waals surface area contributed by atoms with E-state index >= 15 is 0 Å². The van der Waals surface area contributed by atoms with Crippen LogP contribution in [-0.2, 0) is 4.79 Å². The summed E-state index contributed by atoms with van der Waals surface area (Å²) in [6, 6.07) is 6.73. The average molecular weight is 339 g/mol. The summed E-state index contributed by atoms with van der Waals surface area (Å²) in [6.07, 6.45) is 6.27. The summed E-state index contributed by atoms with van der Waals surface area (Å²) in [7, 11) is 2.17. The smallest absolute Gasteiger partial charge is 0.251 e. The van der Waals surface area contributed by atoms with Gasteiger partial charge in [-0.1, -0.05) is 17.7 Å². The van der Waals surface area contributed by atoms with E-state index in [1.807, 2.05) is 16.4 Å². The number of piperidine rings is 1. The number of fused-ring (bicyclic) bond motifs is 3. The zero-order valence-electron chi connectivity index (χ0n) is 14.0. The lowest BCUT2D eigenvalue weighted by Gasteiger charge is -2.36. The van der Waals surface area contributed by atoms with E-state index in [-0.39, 0.29) is 11.9 Å². The summed E-state index contributed by atoms with van der Waals surface area (Å²) >= 11 is 1.54. The number of carbonyl (C=O) groups is 1. The Morgan fingerprint density at radius 1 is 1.42 bits per heavy atom. The van der Waals surface area contributed by atoms with E-state index in [1.165, 1.54) is 11.1 Å². The van der Waals surface area contributed by atoms with Gasteiger partial charge in [0.05, 0.1) is 0 Å². The number of hydrogen-bond acceptors (Lipinski definition) is 4. The maximum Gasteiger partial charge on any atom is 0.251 e. The molecule has 2 aromatic rings. The van der Waals surface area contributed by atoms with Gasteiger partial charge in [0, 0.05) is 41.8 Å². The first-order valence-electron chi connectivity index (χ1n) is 8.33. The molecule has 1 aromatic heterocycles. The zero-order chi connectivity index (χ0) is 16.7. The number of rotatable bonds is 2. The number of anilines is 1. The lowest BCUT2D eigenvalue weighted by atomic mass is 9.89. The summed E-state index contributed by atoms with van der Waals surface area (Å²) in [4.78, 5) is 21.5. The van der Waals surface area contributed by atoms with Crippen LogP contribution in [0.5, 0.6) is 0 Å². The second-order valence-electron chi connectivity index (χ2n) is 6.70. The highest BCUT2D eigenvalue weighted by Crippen LogP contribution is 2.45. The van der Waals surface area contributed by atoms with E-state index < -0.39 is 0 Å². The topological polar surface area (TPSA) is 36.4 Å². The van der Waals surface area contributed by atoms with Crippen molar-refractivity contribution in [3.8, 4) is 0 Å². The van der Waals surface area contributed by atoms with Crippen molar-refractivity contribution in [3.63, 3.8) is 0 Å². The number of likely N-dealkylation sites (tertiary alicyclic amines) is 1. The van der Waals surface area contributed by atoms with Gasteiger partial charge in [-0.3, -0.25) is 4.79 Å². The van der Waals surface area contributed by atoms with Crippen LogP contribution in [-0.4, -0.2) is 42.0 Å². The van der Waals surface area contributed by atoms with E-state index in [0.29, 0.717) is 5.92 Å². The lowest BCUT2D eigenvalue weighted by Crippen LogP contribution is -2.46. The van der Waals surface area contributed by atoms with Crippen LogP contribution in [0.4, 0.5) is 5.69 Å². The highest BCUT2D eigenvalue weighted by atomic mass is 32.1. The van der Waals surface area contributed by atoms with Crippen molar-refractivity contribution in [1.82, 2.24) is 9.88 Å². The quantitative estimate of drug-likeness (QED) is 0.788. The van der Waals surface area contributed by atoms with Crippen molar-refractivity contribution >= 4 is 29.0 Å². The lowest BCUT2D eigenvalue weighted by molar-refractivity contribution is -0.114. The molecule has 0 radical (unpaired) electrons. The fourth-order valence-corrected chi connectivity index (χ4v) is 4.44. The Morgan fingerprint density at radius 3 is 3.08 bits per heavy atom. The minimum Gasteiger partial charge on any atom is -0.306 e. The second-order valence-corrected chi connectivity index (χ2v) is 7.63. The molecule has 0 saturated carbocycles. The average Bonchev–Trinajstić information content (AvgIpc) is 3.18. The van der Waals surface area contributed by atoms with Gasteiger partial charge < -0.3 is 9.80 Å². The summed E-state index contributed by atoms with van der Waals surface area (Å²) in [5, 5.41) is 2.79. The minimum absolute atomic E-state index is 0.0624. The number of thiazole rings is 1. The molecule has 0 unspecified atom stereocenters. The largest absolute Gasteiger partial charge is 0.306 e. The molecule has 1 aromatic carbocycles. The summed E-state index contributed by atoms with van der Waals surface area (Å²) in [5.74, 6) is 0.475. The van der Waals surface area contributed by atoms with Crippen LogP contribution in [0.3, 0.4) is 0 Å². The van der Waals surface area contributed by atoms with Gasteiger partial charge in [0.25, 0.3) is 5.91 Å². The Balaban J connectivity index is 1.68. The van der Waals surface area contributed by atoms with Gasteiger partial charge in [-0.05, 0) is 44.6 Å². The molecule has 0 aliphatic carbocycles. The van der Waals surface area contributed by atoms with E-state index in [4.69, 9.17) is 0 Å². The normalized spacial score (nSPS) is 23.5. The SMILES string of the molecule is Cc1ccc2c(c1)[C@H]1CN(C)CC[C@H]1N2C(=O)/C=C/c1nccs1. The first kappa shape index (κ1) is 15.5. The van der Waals surface area contributed by atoms with Crippen LogP contribution in [0.25, 0.3) is 6.08 Å². The number of aryl methyl sites for hydroxylation is 1. The number of aromatic nitrogens is 1. The molecular formula is C19H21N3OS. The van der Waals surface area contributed by atoms with Gasteiger partial charge in [0.1, 0.15) is 5.01 Å². The third-order valence-corrected chi connectivity index (χ3v) is 5.75. The van der Waals surface area contributed by atoms with E-state index in [0.717, 1.165) is 30.2 Å². The number of amides is 1. The van der Waals surface area contributed by atoms with Crippen LogP contribution < -0.4 is 4.90 Å². The molecule has 1 amide bonds. The molecule has 5 heteroatoms. The van der Waals surface area contributed by atoms with Crippen molar-refractivity contribution in [1.29, 1.82) is 0 Å². The summed E-state index contributed by atoms with van der Waals surface area (Å²) < 4.78 is 0. The molecule has 24 heavy (non-hydrogen) atoms. The maximum atomic E-state index is 12.9. The molecular weight excluding hydrogens is 318 g/mol. The van der Waals surface area contributed by atoms with Crippen molar-refractivity contribution in [2.24, 2.45) is 0 Å².